The molecule has 9 heterocycles. The van der Waals surface area contributed by atoms with Crippen LogP contribution in [0.15, 0.2) is 101 Å². The standard InChI is InChI=1S/C35H35BrF2N8O5.C19H23BrF2N4O3.C17H17N3O3/c1-19(47)30-24-11-21(23-14-39-20(2)40-15-23)5-7-25(24)45(44-30)16-29(48)46-26-12-34(13-27(34)46)18-41-33(50)35(37,38)9-3-4-10-51-17-22-6-8-28(36)42-31(22)43-32(26)49;20-14-4-3-11-9-29-6-2-1-5-19(21,22)17(28)23-10-18-7-12(24-13(18)8-18)16(27)26-15(11)25-14;1-10-3-4-13(8-19-10)12-5-6-15(20-9-16(22)23)14(7-12)17(18)11(2)21/h5-8,11,14-15,26-27H,3-4,9-10,12-13,16-18H2,1-2H3,(H,41,50)(H,42,43,49);3-4,12-13,24H,1-2,5-10H2,(H,23,28)(H,25,26,27);3-8,18,20H,9H2,1-2H3,(H,22,23)/t26-,27+,34-;12-,13+,18-;/m00./s1. The number of benzene rings is 2. The number of hydrogen-bond donors (Lipinski definition) is 8. The van der Waals surface area contributed by atoms with E-state index in [0.717, 1.165) is 34.4 Å². The van der Waals surface area contributed by atoms with Gasteiger partial charge in [-0.25, -0.2) is 19.9 Å². The average Bonchev–Trinajstić information content (AvgIpc) is 1.54. The summed E-state index contributed by atoms with van der Waals surface area (Å²) >= 11 is 6.66. The summed E-state index contributed by atoms with van der Waals surface area (Å²) in [5.74, 6) is -11.2. The van der Waals surface area contributed by atoms with Gasteiger partial charge in [-0.3, -0.25) is 53.4 Å². The van der Waals surface area contributed by atoms with Gasteiger partial charge in [0.05, 0.1) is 24.8 Å². The van der Waals surface area contributed by atoms with Gasteiger partial charge in [0.25, 0.3) is 11.8 Å². The lowest BCUT2D eigenvalue weighted by Gasteiger charge is -2.27. The molecule has 6 atom stereocenters. The lowest BCUT2D eigenvalue weighted by Crippen LogP contribution is -2.47. The van der Waals surface area contributed by atoms with Crippen molar-refractivity contribution < 1.29 is 70.5 Å². The van der Waals surface area contributed by atoms with Crippen LogP contribution in [0.1, 0.15) is 117 Å². The summed E-state index contributed by atoms with van der Waals surface area (Å²) in [6.07, 6.45) is 6.74. The zero-order valence-electron chi connectivity index (χ0n) is 56.6. The summed E-state index contributed by atoms with van der Waals surface area (Å²) in [5.41, 5.74) is 5.61. The fourth-order valence-corrected chi connectivity index (χ4v) is 13.9. The Kier molecular flexibility index (Phi) is 22.7. The number of nitrogens with zero attached hydrogens (tertiary/aromatic N) is 8. The van der Waals surface area contributed by atoms with Gasteiger partial charge in [0.1, 0.15) is 57.2 Å². The molecule has 6 aliphatic rings. The molecule has 13 rings (SSSR count). The normalized spacial score (nSPS) is 23.0. The van der Waals surface area contributed by atoms with Gasteiger partial charge >= 0.3 is 17.8 Å². The van der Waals surface area contributed by atoms with Gasteiger partial charge < -0.3 is 51.4 Å². The third-order valence-corrected chi connectivity index (χ3v) is 20.0. The number of ether oxygens (including phenoxy) is 2. The molecular weight excluding hydrogens is 1470 g/mol. The van der Waals surface area contributed by atoms with E-state index in [2.05, 4.69) is 93.8 Å². The van der Waals surface area contributed by atoms with E-state index in [4.69, 9.17) is 20.0 Å². The number of aromatic nitrogens is 7. The van der Waals surface area contributed by atoms with E-state index >= 15 is 0 Å². The number of piperidine rings is 2. The minimum absolute atomic E-state index is 0.0457. The van der Waals surface area contributed by atoms with Crippen molar-refractivity contribution in [3.63, 3.8) is 0 Å². The van der Waals surface area contributed by atoms with E-state index in [1.54, 1.807) is 80.1 Å². The smallest absolute Gasteiger partial charge is 0.324 e. The molecule has 2 saturated carbocycles. The topological polar surface area (TPSA) is 357 Å². The molecule has 2 spiro atoms. The highest BCUT2D eigenvalue weighted by molar-refractivity contribution is 9.10. The number of rotatable bonds is 10. The van der Waals surface area contributed by atoms with Crippen molar-refractivity contribution in [1.29, 1.82) is 5.41 Å². The van der Waals surface area contributed by atoms with Crippen LogP contribution in [0.25, 0.3) is 33.2 Å². The first-order valence-corrected chi connectivity index (χ1v) is 35.0. The van der Waals surface area contributed by atoms with Crippen molar-refractivity contribution in [1.82, 2.24) is 55.6 Å². The number of amides is 5. The SMILES string of the molecule is CC(=O)C(=N)c1cc(-c2ccc(C)nc2)ccc1NCC(=O)O.CC(=O)c1nn(CC(=O)N2[C@H]3C[C@@]4(CNC(=O)C(F)(F)CCCCOCc5ccc(Br)nc5NC3=O)C[C@@H]24)c2ccc(-c3cnc(C)nc3)cc12.O=C1Nc2nc(Br)ccc2COCCCCC(F)(F)C(=O)NC[C@@]23C[C@@H]1N[C@@H]2C3. The number of ketones is 2. The van der Waals surface area contributed by atoms with Crippen LogP contribution in [-0.2, 0) is 62.8 Å². The van der Waals surface area contributed by atoms with Crippen LogP contribution in [-0.4, -0.2) is 166 Å². The molecule has 32 heteroatoms. The lowest BCUT2D eigenvalue weighted by molar-refractivity contribution is -0.147. The fraction of sp³-hybridized carbons (Fsp3) is 0.423. The van der Waals surface area contributed by atoms with Crippen LogP contribution in [0.2, 0.25) is 0 Å². The molecule has 4 bridgehead atoms. The first kappa shape index (κ1) is 74.8. The predicted octanol–water partition coefficient (Wildman–Crippen LogP) is 9.48. The van der Waals surface area contributed by atoms with Gasteiger partial charge in [0, 0.05) is 139 Å². The van der Waals surface area contributed by atoms with Gasteiger partial charge in [-0.2, -0.15) is 22.7 Å². The molecule has 2 saturated heterocycles. The summed E-state index contributed by atoms with van der Waals surface area (Å²) in [6, 6.07) is 19.4. The minimum atomic E-state index is -3.58. The van der Waals surface area contributed by atoms with Crippen LogP contribution in [0.3, 0.4) is 0 Å². The molecule has 0 radical (unpaired) electrons. The number of likely N-dealkylation sites (tertiary alicyclic amines) is 1. The number of carboxylic acids is 1. The number of alkyl halides is 4. The van der Waals surface area contributed by atoms with Crippen molar-refractivity contribution in [2.45, 2.75) is 148 Å². The van der Waals surface area contributed by atoms with E-state index < -0.39 is 77.8 Å². The van der Waals surface area contributed by atoms with Crippen LogP contribution in [0.5, 0.6) is 0 Å². The molecule has 4 fully saturated rings. The highest BCUT2D eigenvalue weighted by Crippen LogP contribution is 2.60. The largest absolute Gasteiger partial charge is 0.480 e. The first-order chi connectivity index (χ1) is 49.0. The molecule has 5 amide bonds. The highest BCUT2D eigenvalue weighted by atomic mass is 79.9. The van der Waals surface area contributed by atoms with Gasteiger partial charge in [-0.05, 0) is 151 Å². The van der Waals surface area contributed by atoms with Crippen LogP contribution >= 0.6 is 31.9 Å². The van der Waals surface area contributed by atoms with Crippen molar-refractivity contribution in [3.8, 4) is 22.3 Å². The molecule has 103 heavy (non-hydrogen) atoms. The Labute approximate surface area is 605 Å². The van der Waals surface area contributed by atoms with E-state index in [9.17, 15) is 55.9 Å². The molecule has 26 nitrogen and oxygen atoms in total. The maximum Gasteiger partial charge on any atom is 0.324 e. The van der Waals surface area contributed by atoms with E-state index in [1.807, 2.05) is 25.1 Å². The molecule has 2 aromatic carbocycles. The highest BCUT2D eigenvalue weighted by Gasteiger charge is 2.67. The van der Waals surface area contributed by atoms with Crippen LogP contribution < -0.4 is 31.9 Å². The Hall–Kier alpha value is -9.37. The van der Waals surface area contributed by atoms with E-state index in [1.165, 1.54) is 23.4 Å². The second-order valence-corrected chi connectivity index (χ2v) is 28.3. The second-order valence-electron chi connectivity index (χ2n) is 26.6. The molecule has 0 unspecified atom stereocenters. The number of anilines is 3. The molecule has 542 valence electrons. The Morgan fingerprint density at radius 3 is 1.86 bits per heavy atom. The number of nitrogens with one attached hydrogen (secondary N) is 7. The lowest BCUT2D eigenvalue weighted by atomic mass is 9.98. The number of carboxylic acid groups (broad SMARTS) is 1. The van der Waals surface area contributed by atoms with Crippen molar-refractivity contribution >= 4 is 113 Å². The summed E-state index contributed by atoms with van der Waals surface area (Å²) in [4.78, 5) is 124. The quantitative estimate of drug-likeness (QED) is 0.0273. The Morgan fingerprint density at radius 1 is 0.689 bits per heavy atom. The van der Waals surface area contributed by atoms with Crippen molar-refractivity contribution in [3.05, 3.63) is 134 Å². The third kappa shape index (κ3) is 17.6. The zero-order chi connectivity index (χ0) is 73.7. The number of hydrogen-bond acceptors (Lipinski definition) is 19. The number of aryl methyl sites for hydroxylation is 2. The Balaban J connectivity index is 0.000000172. The summed E-state index contributed by atoms with van der Waals surface area (Å²) in [7, 11) is 0. The number of halogens is 6. The van der Waals surface area contributed by atoms with Crippen LogP contribution in [0.4, 0.5) is 34.9 Å². The number of aliphatic carboxylic acids is 1. The number of carbonyl (C=O) groups excluding carboxylic acids is 7. The monoisotopic (exact) mass is 1550 g/mol. The Bertz CT molecular complexity index is 4480. The Morgan fingerprint density at radius 2 is 1.27 bits per heavy atom. The summed E-state index contributed by atoms with van der Waals surface area (Å²) in [6.45, 7) is 6.53. The number of Topliss-reactive ketones (excluding diaryl/α,β-unsaturated/α-hetero) is 2. The first-order valence-electron chi connectivity index (χ1n) is 33.4. The third-order valence-electron chi connectivity index (χ3n) is 19.1. The van der Waals surface area contributed by atoms with Gasteiger partial charge in [-0.15, -0.1) is 0 Å². The summed E-state index contributed by atoms with van der Waals surface area (Å²) in [5, 5.41) is 38.3. The number of pyridine rings is 3. The molecule has 4 aliphatic heterocycles. The average molecular weight is 1550 g/mol. The minimum Gasteiger partial charge on any atom is -0.480 e. The van der Waals surface area contributed by atoms with Crippen molar-refractivity contribution in [2.24, 2.45) is 10.8 Å². The zero-order valence-corrected chi connectivity index (χ0v) is 59.7. The maximum absolute atomic E-state index is 14.8. The van der Waals surface area contributed by atoms with Gasteiger partial charge in [0.15, 0.2) is 11.6 Å². The van der Waals surface area contributed by atoms with E-state index in [-0.39, 0.29) is 118 Å². The molecule has 8 N–H and O–H groups in total. The van der Waals surface area contributed by atoms with E-state index in [0.29, 0.717) is 79.8 Å². The second kappa shape index (κ2) is 31.3. The summed E-state index contributed by atoms with van der Waals surface area (Å²) < 4.78 is 71.6. The van der Waals surface area contributed by atoms with Gasteiger partial charge in [-0.1, -0.05) is 30.3 Å². The molecule has 2 aliphatic carbocycles. The molecular formula is C71H75Br2F4N15O11. The van der Waals surface area contributed by atoms with Crippen LogP contribution in [0, 0.1) is 30.1 Å². The number of fused-ring (bicyclic) bond motifs is 5. The number of carbonyl (C=O) groups is 8. The fourth-order valence-electron chi connectivity index (χ4n) is 13.2. The molecule has 7 aromatic rings. The maximum atomic E-state index is 14.8. The molecule has 5 aromatic heterocycles. The van der Waals surface area contributed by atoms with Gasteiger partial charge in [0.2, 0.25) is 17.7 Å². The predicted molar refractivity (Wildman–Crippen MR) is 376 cm³/mol. The van der Waals surface area contributed by atoms with Crippen molar-refractivity contribution in [2.75, 3.05) is 48.8 Å².